The van der Waals surface area contributed by atoms with Crippen LogP contribution in [0.1, 0.15) is 23.2 Å². The van der Waals surface area contributed by atoms with Crippen molar-refractivity contribution in [1.82, 2.24) is 4.90 Å². The smallest absolute Gasteiger partial charge is 0.340 e. The Labute approximate surface area is 119 Å². The molecule has 3 rings (SSSR count). The normalized spacial score (nSPS) is 19.9. The summed E-state index contributed by atoms with van der Waals surface area (Å²) >= 11 is 0. The van der Waals surface area contributed by atoms with E-state index in [9.17, 15) is 4.79 Å². The average Bonchev–Trinajstić information content (AvgIpc) is 3.31. The zero-order chi connectivity index (χ0) is 14.1. The SMILES string of the molecule is COC(=O)c1cccc(N)c1N1CCN(C2CC2)CC1. The van der Waals surface area contributed by atoms with E-state index in [1.807, 2.05) is 6.07 Å². The summed E-state index contributed by atoms with van der Waals surface area (Å²) in [6.07, 6.45) is 2.67. The first kappa shape index (κ1) is 13.2. The van der Waals surface area contributed by atoms with E-state index in [0.29, 0.717) is 11.3 Å². The molecule has 0 bridgehead atoms. The van der Waals surface area contributed by atoms with Gasteiger partial charge in [0.15, 0.2) is 0 Å². The Morgan fingerprint density at radius 2 is 1.95 bits per heavy atom. The fourth-order valence-corrected chi connectivity index (χ4v) is 2.94. The molecule has 0 amide bonds. The molecule has 0 radical (unpaired) electrons. The molecule has 5 heteroatoms. The molecule has 1 saturated heterocycles. The van der Waals surface area contributed by atoms with Gasteiger partial charge in [-0.25, -0.2) is 4.79 Å². The summed E-state index contributed by atoms with van der Waals surface area (Å²) in [5.74, 6) is -0.322. The maximum absolute atomic E-state index is 11.9. The van der Waals surface area contributed by atoms with Crippen molar-refractivity contribution in [2.75, 3.05) is 43.9 Å². The van der Waals surface area contributed by atoms with Crippen LogP contribution in [-0.4, -0.2) is 50.2 Å². The molecule has 1 aliphatic heterocycles. The summed E-state index contributed by atoms with van der Waals surface area (Å²) in [4.78, 5) is 16.6. The number of hydrogen-bond acceptors (Lipinski definition) is 5. The summed E-state index contributed by atoms with van der Waals surface area (Å²) in [6.45, 7) is 3.91. The van der Waals surface area contributed by atoms with Crippen LogP contribution in [0.3, 0.4) is 0 Å². The Bertz CT molecular complexity index is 506. The molecule has 5 nitrogen and oxygen atoms in total. The van der Waals surface area contributed by atoms with Crippen molar-refractivity contribution < 1.29 is 9.53 Å². The highest BCUT2D eigenvalue weighted by Crippen LogP contribution is 2.32. The predicted molar refractivity (Wildman–Crippen MR) is 79.0 cm³/mol. The number of benzene rings is 1. The Kier molecular flexibility index (Phi) is 3.53. The first-order valence-corrected chi connectivity index (χ1v) is 7.16. The summed E-state index contributed by atoms with van der Waals surface area (Å²) in [5.41, 5.74) is 8.13. The number of nitrogens with zero attached hydrogens (tertiary/aromatic N) is 2. The molecule has 1 heterocycles. The minimum absolute atomic E-state index is 0.322. The molecule has 0 aromatic heterocycles. The largest absolute Gasteiger partial charge is 0.465 e. The van der Waals surface area contributed by atoms with Crippen LogP contribution in [0.2, 0.25) is 0 Å². The van der Waals surface area contributed by atoms with Gasteiger partial charge in [0, 0.05) is 32.2 Å². The third-order valence-electron chi connectivity index (χ3n) is 4.17. The molecule has 0 atom stereocenters. The fraction of sp³-hybridized carbons (Fsp3) is 0.533. The number of carbonyl (C=O) groups is 1. The van der Waals surface area contributed by atoms with Gasteiger partial charge in [0.05, 0.1) is 24.0 Å². The molecule has 2 aliphatic rings. The third kappa shape index (κ3) is 2.45. The van der Waals surface area contributed by atoms with Crippen LogP contribution in [0.4, 0.5) is 11.4 Å². The second-order valence-corrected chi connectivity index (χ2v) is 5.49. The highest BCUT2D eigenvalue weighted by atomic mass is 16.5. The molecule has 20 heavy (non-hydrogen) atoms. The molecule has 108 valence electrons. The van der Waals surface area contributed by atoms with Gasteiger partial charge in [-0.15, -0.1) is 0 Å². The summed E-state index contributed by atoms with van der Waals surface area (Å²) in [6, 6.07) is 6.22. The molecule has 2 N–H and O–H groups in total. The van der Waals surface area contributed by atoms with Gasteiger partial charge >= 0.3 is 5.97 Å². The Morgan fingerprint density at radius 1 is 1.25 bits per heavy atom. The first-order valence-electron chi connectivity index (χ1n) is 7.16. The van der Waals surface area contributed by atoms with Gasteiger partial charge in [-0.05, 0) is 25.0 Å². The molecule has 2 fully saturated rings. The number of methoxy groups -OCH3 is 1. The van der Waals surface area contributed by atoms with Crippen molar-refractivity contribution in [3.05, 3.63) is 23.8 Å². The van der Waals surface area contributed by atoms with Gasteiger partial charge in [0.2, 0.25) is 0 Å². The zero-order valence-electron chi connectivity index (χ0n) is 11.8. The van der Waals surface area contributed by atoms with Crippen LogP contribution in [0.5, 0.6) is 0 Å². The van der Waals surface area contributed by atoms with Crippen molar-refractivity contribution in [2.24, 2.45) is 0 Å². The molecule has 1 aliphatic carbocycles. The van der Waals surface area contributed by atoms with E-state index in [1.54, 1.807) is 12.1 Å². The molecule has 0 unspecified atom stereocenters. The first-order chi connectivity index (χ1) is 9.70. The molecule has 1 saturated carbocycles. The summed E-state index contributed by atoms with van der Waals surface area (Å²) < 4.78 is 4.86. The average molecular weight is 275 g/mol. The topological polar surface area (TPSA) is 58.8 Å². The van der Waals surface area contributed by atoms with Crippen molar-refractivity contribution in [3.63, 3.8) is 0 Å². The van der Waals surface area contributed by atoms with E-state index in [4.69, 9.17) is 10.5 Å². The van der Waals surface area contributed by atoms with E-state index in [1.165, 1.54) is 20.0 Å². The number of nitrogens with two attached hydrogens (primary N) is 1. The monoisotopic (exact) mass is 275 g/mol. The third-order valence-corrected chi connectivity index (χ3v) is 4.17. The minimum atomic E-state index is -0.322. The number of esters is 1. The second kappa shape index (κ2) is 5.32. The highest BCUT2D eigenvalue weighted by molar-refractivity contribution is 5.99. The highest BCUT2D eigenvalue weighted by Gasteiger charge is 2.32. The van der Waals surface area contributed by atoms with E-state index in [-0.39, 0.29) is 5.97 Å². The lowest BCUT2D eigenvalue weighted by Crippen LogP contribution is -2.47. The Hall–Kier alpha value is -1.75. The number of nitrogen functional groups attached to an aromatic ring is 1. The predicted octanol–water partition coefficient (Wildman–Crippen LogP) is 1.34. The van der Waals surface area contributed by atoms with E-state index >= 15 is 0 Å². The van der Waals surface area contributed by atoms with Crippen LogP contribution >= 0.6 is 0 Å². The minimum Gasteiger partial charge on any atom is -0.465 e. The van der Waals surface area contributed by atoms with Gasteiger partial charge in [-0.1, -0.05) is 6.07 Å². The number of hydrogen-bond donors (Lipinski definition) is 1. The standard InChI is InChI=1S/C15H21N3O2/c1-20-15(19)12-3-2-4-13(16)14(12)18-9-7-17(8-10-18)11-5-6-11/h2-4,11H,5-10,16H2,1H3. The molecule has 1 aromatic rings. The van der Waals surface area contributed by atoms with Crippen molar-refractivity contribution >= 4 is 17.3 Å². The Balaban J connectivity index is 1.80. The van der Waals surface area contributed by atoms with Gasteiger partial charge in [-0.3, -0.25) is 4.90 Å². The van der Waals surface area contributed by atoms with Crippen LogP contribution in [0.15, 0.2) is 18.2 Å². The molecule has 0 spiro atoms. The van der Waals surface area contributed by atoms with Gasteiger partial charge in [0.25, 0.3) is 0 Å². The van der Waals surface area contributed by atoms with Crippen LogP contribution in [0.25, 0.3) is 0 Å². The fourth-order valence-electron chi connectivity index (χ4n) is 2.94. The van der Waals surface area contributed by atoms with Crippen molar-refractivity contribution in [1.29, 1.82) is 0 Å². The summed E-state index contributed by atoms with van der Waals surface area (Å²) in [7, 11) is 1.40. The number of ether oxygens (including phenoxy) is 1. The molecule has 1 aromatic carbocycles. The van der Waals surface area contributed by atoms with E-state index < -0.39 is 0 Å². The van der Waals surface area contributed by atoms with Gasteiger partial charge in [-0.2, -0.15) is 0 Å². The van der Waals surface area contributed by atoms with Crippen molar-refractivity contribution in [3.8, 4) is 0 Å². The lowest BCUT2D eigenvalue weighted by atomic mass is 10.1. The van der Waals surface area contributed by atoms with Gasteiger partial charge < -0.3 is 15.4 Å². The lowest BCUT2D eigenvalue weighted by Gasteiger charge is -2.37. The molecular weight excluding hydrogens is 254 g/mol. The quantitative estimate of drug-likeness (QED) is 0.666. The van der Waals surface area contributed by atoms with E-state index in [0.717, 1.165) is 37.9 Å². The lowest BCUT2D eigenvalue weighted by molar-refractivity contribution is 0.0601. The van der Waals surface area contributed by atoms with E-state index in [2.05, 4.69) is 9.80 Å². The Morgan fingerprint density at radius 3 is 2.55 bits per heavy atom. The maximum Gasteiger partial charge on any atom is 0.340 e. The van der Waals surface area contributed by atoms with Gasteiger partial charge in [0.1, 0.15) is 0 Å². The maximum atomic E-state index is 11.9. The molecular formula is C15H21N3O2. The number of anilines is 2. The van der Waals surface area contributed by atoms with Crippen LogP contribution in [-0.2, 0) is 4.74 Å². The zero-order valence-corrected chi connectivity index (χ0v) is 11.8. The number of rotatable bonds is 3. The van der Waals surface area contributed by atoms with Crippen molar-refractivity contribution in [2.45, 2.75) is 18.9 Å². The number of piperazine rings is 1. The summed E-state index contributed by atoms with van der Waals surface area (Å²) in [5, 5.41) is 0. The van der Waals surface area contributed by atoms with Crippen LogP contribution < -0.4 is 10.6 Å². The van der Waals surface area contributed by atoms with Crippen LogP contribution in [0, 0.1) is 0 Å². The number of para-hydroxylation sites is 1. The second-order valence-electron chi connectivity index (χ2n) is 5.49. The number of carbonyl (C=O) groups excluding carboxylic acids is 1.